The van der Waals surface area contributed by atoms with Crippen molar-refractivity contribution < 1.29 is 9.47 Å². The summed E-state index contributed by atoms with van der Waals surface area (Å²) in [4.78, 5) is 0. The van der Waals surface area contributed by atoms with E-state index in [1.165, 1.54) is 25.7 Å². The zero-order valence-electron chi connectivity index (χ0n) is 10.3. The minimum Gasteiger partial charge on any atom is -0.349 e. The molecule has 2 heteroatoms. The molecule has 0 aromatic rings. The molecule has 0 amide bonds. The maximum Gasteiger partial charge on any atom is 0.171 e. The standard InChI is InChI=1S/C13H24O2/c1-4-5-6-7-11-8-13(11)14-9-12(2,3)10-15-13/h11H,4-10H2,1-3H3/t11-/m1/s1. The van der Waals surface area contributed by atoms with E-state index in [4.69, 9.17) is 9.47 Å². The summed E-state index contributed by atoms with van der Waals surface area (Å²) in [7, 11) is 0. The lowest BCUT2D eigenvalue weighted by Gasteiger charge is -2.35. The maximum atomic E-state index is 5.91. The molecule has 2 fully saturated rings. The summed E-state index contributed by atoms with van der Waals surface area (Å²) >= 11 is 0. The number of ether oxygens (including phenoxy) is 2. The Morgan fingerprint density at radius 2 is 1.80 bits per heavy atom. The fourth-order valence-corrected chi connectivity index (χ4v) is 2.32. The Hall–Kier alpha value is -0.0800. The quantitative estimate of drug-likeness (QED) is 0.665. The molecular formula is C13H24O2. The highest BCUT2D eigenvalue weighted by molar-refractivity contribution is 5.00. The lowest BCUT2D eigenvalue weighted by molar-refractivity contribution is -0.250. The average molecular weight is 212 g/mol. The van der Waals surface area contributed by atoms with Crippen LogP contribution in [0.4, 0.5) is 0 Å². The molecule has 15 heavy (non-hydrogen) atoms. The van der Waals surface area contributed by atoms with Crippen molar-refractivity contribution >= 4 is 0 Å². The second-order valence-corrected chi connectivity index (χ2v) is 5.95. The average Bonchev–Trinajstić information content (AvgIpc) is 2.87. The van der Waals surface area contributed by atoms with Crippen LogP contribution in [-0.2, 0) is 9.47 Å². The molecule has 1 saturated heterocycles. The van der Waals surface area contributed by atoms with Crippen molar-refractivity contribution in [3.8, 4) is 0 Å². The Morgan fingerprint density at radius 3 is 2.40 bits per heavy atom. The molecule has 0 N–H and O–H groups in total. The second-order valence-electron chi connectivity index (χ2n) is 5.95. The van der Waals surface area contributed by atoms with E-state index in [1.807, 2.05) is 0 Å². The zero-order valence-corrected chi connectivity index (χ0v) is 10.3. The third kappa shape index (κ3) is 2.54. The van der Waals surface area contributed by atoms with Gasteiger partial charge in [-0.05, 0) is 6.42 Å². The minimum atomic E-state index is -0.150. The molecule has 0 aromatic carbocycles. The number of unbranched alkanes of at least 4 members (excludes halogenated alkanes) is 2. The van der Waals surface area contributed by atoms with Gasteiger partial charge in [-0.3, -0.25) is 0 Å². The first-order valence-corrected chi connectivity index (χ1v) is 6.36. The largest absolute Gasteiger partial charge is 0.349 e. The summed E-state index contributed by atoms with van der Waals surface area (Å²) in [5, 5.41) is 0. The lowest BCUT2D eigenvalue weighted by atomic mass is 9.95. The van der Waals surface area contributed by atoms with Gasteiger partial charge in [-0.1, -0.05) is 40.0 Å². The van der Waals surface area contributed by atoms with Gasteiger partial charge in [0.2, 0.25) is 0 Å². The van der Waals surface area contributed by atoms with Crippen molar-refractivity contribution in [3.63, 3.8) is 0 Å². The van der Waals surface area contributed by atoms with E-state index in [1.54, 1.807) is 0 Å². The summed E-state index contributed by atoms with van der Waals surface area (Å²) in [6.45, 7) is 8.37. The van der Waals surface area contributed by atoms with Gasteiger partial charge in [0.25, 0.3) is 0 Å². The molecule has 0 unspecified atom stereocenters. The molecule has 1 heterocycles. The van der Waals surface area contributed by atoms with E-state index in [2.05, 4.69) is 20.8 Å². The molecule has 2 rings (SSSR count). The van der Waals surface area contributed by atoms with Crippen LogP contribution < -0.4 is 0 Å². The molecule has 1 saturated carbocycles. The molecule has 2 aliphatic rings. The van der Waals surface area contributed by atoms with Crippen LogP contribution in [0, 0.1) is 11.3 Å². The Balaban J connectivity index is 1.72. The number of rotatable bonds is 4. The van der Waals surface area contributed by atoms with Gasteiger partial charge in [-0.15, -0.1) is 0 Å². The van der Waals surface area contributed by atoms with E-state index in [9.17, 15) is 0 Å². The molecule has 1 atom stereocenters. The highest BCUT2D eigenvalue weighted by atomic mass is 16.7. The van der Waals surface area contributed by atoms with E-state index in [0.29, 0.717) is 5.92 Å². The van der Waals surface area contributed by atoms with E-state index in [-0.39, 0.29) is 11.2 Å². The first kappa shape index (κ1) is 11.4. The first-order chi connectivity index (χ1) is 7.08. The Bertz CT molecular complexity index is 213. The van der Waals surface area contributed by atoms with Crippen molar-refractivity contribution in [2.75, 3.05) is 13.2 Å². The van der Waals surface area contributed by atoms with E-state index < -0.39 is 0 Å². The Kier molecular flexibility index (Phi) is 3.09. The van der Waals surface area contributed by atoms with Crippen molar-refractivity contribution in [3.05, 3.63) is 0 Å². The normalized spacial score (nSPS) is 31.8. The van der Waals surface area contributed by atoms with Crippen molar-refractivity contribution in [2.45, 2.75) is 58.7 Å². The molecule has 0 radical (unpaired) electrons. The van der Waals surface area contributed by atoms with Gasteiger partial charge in [0.15, 0.2) is 5.79 Å². The fourth-order valence-electron chi connectivity index (χ4n) is 2.32. The topological polar surface area (TPSA) is 18.5 Å². The second kappa shape index (κ2) is 4.06. The van der Waals surface area contributed by atoms with Crippen LogP contribution in [0.1, 0.15) is 52.9 Å². The third-order valence-corrected chi connectivity index (χ3v) is 3.56. The van der Waals surface area contributed by atoms with Crippen LogP contribution in [-0.4, -0.2) is 19.0 Å². The molecule has 1 spiro atoms. The van der Waals surface area contributed by atoms with Crippen LogP contribution in [0.2, 0.25) is 0 Å². The predicted octanol–water partition coefficient (Wildman–Crippen LogP) is 3.36. The fraction of sp³-hybridized carbons (Fsp3) is 1.00. The smallest absolute Gasteiger partial charge is 0.171 e. The number of hydrogen-bond acceptors (Lipinski definition) is 2. The van der Waals surface area contributed by atoms with Gasteiger partial charge in [0.05, 0.1) is 13.2 Å². The number of hydrogen-bond donors (Lipinski definition) is 0. The molecule has 1 aliphatic carbocycles. The van der Waals surface area contributed by atoms with Crippen LogP contribution in [0.25, 0.3) is 0 Å². The van der Waals surface area contributed by atoms with Gasteiger partial charge in [0.1, 0.15) is 0 Å². The SMILES string of the molecule is CCCCC[C@@H]1CC12OCC(C)(C)CO2. The van der Waals surface area contributed by atoms with Crippen LogP contribution in [0.5, 0.6) is 0 Å². The Morgan fingerprint density at radius 1 is 1.13 bits per heavy atom. The molecule has 1 aliphatic heterocycles. The summed E-state index contributed by atoms with van der Waals surface area (Å²) in [6, 6.07) is 0. The van der Waals surface area contributed by atoms with Crippen LogP contribution >= 0.6 is 0 Å². The Labute approximate surface area is 93.3 Å². The predicted molar refractivity (Wildman–Crippen MR) is 60.7 cm³/mol. The van der Waals surface area contributed by atoms with Crippen molar-refractivity contribution in [1.29, 1.82) is 0 Å². The zero-order chi connectivity index (χ0) is 10.9. The summed E-state index contributed by atoms with van der Waals surface area (Å²) in [5.41, 5.74) is 0.210. The minimum absolute atomic E-state index is 0.150. The third-order valence-electron chi connectivity index (χ3n) is 3.56. The monoisotopic (exact) mass is 212 g/mol. The van der Waals surface area contributed by atoms with Crippen LogP contribution in [0.15, 0.2) is 0 Å². The van der Waals surface area contributed by atoms with Crippen molar-refractivity contribution in [1.82, 2.24) is 0 Å². The molecule has 2 nitrogen and oxygen atoms in total. The van der Waals surface area contributed by atoms with Gasteiger partial charge >= 0.3 is 0 Å². The molecule has 0 aromatic heterocycles. The van der Waals surface area contributed by atoms with Crippen molar-refractivity contribution in [2.24, 2.45) is 11.3 Å². The lowest BCUT2D eigenvalue weighted by Crippen LogP contribution is -2.40. The maximum absolute atomic E-state index is 5.91. The summed E-state index contributed by atoms with van der Waals surface area (Å²) < 4.78 is 11.8. The summed E-state index contributed by atoms with van der Waals surface area (Å²) in [6.07, 6.45) is 6.40. The first-order valence-electron chi connectivity index (χ1n) is 6.36. The summed E-state index contributed by atoms with van der Waals surface area (Å²) in [5.74, 6) is 0.531. The van der Waals surface area contributed by atoms with Gasteiger partial charge in [0, 0.05) is 17.8 Å². The van der Waals surface area contributed by atoms with E-state index in [0.717, 1.165) is 19.6 Å². The molecule has 88 valence electrons. The van der Waals surface area contributed by atoms with Gasteiger partial charge < -0.3 is 9.47 Å². The van der Waals surface area contributed by atoms with Gasteiger partial charge in [-0.25, -0.2) is 0 Å². The van der Waals surface area contributed by atoms with Crippen LogP contribution in [0.3, 0.4) is 0 Å². The molecular weight excluding hydrogens is 188 g/mol. The van der Waals surface area contributed by atoms with Gasteiger partial charge in [-0.2, -0.15) is 0 Å². The molecule has 0 bridgehead atoms. The highest BCUT2D eigenvalue weighted by Crippen LogP contribution is 2.53. The highest BCUT2D eigenvalue weighted by Gasteiger charge is 2.59. The van der Waals surface area contributed by atoms with E-state index >= 15 is 0 Å².